The van der Waals surface area contributed by atoms with Gasteiger partial charge in [0.15, 0.2) is 0 Å². The van der Waals surface area contributed by atoms with Gasteiger partial charge in [0.25, 0.3) is 0 Å². The fourth-order valence-corrected chi connectivity index (χ4v) is 2.82. The molecule has 0 aromatic carbocycles. The number of halogens is 3. The Morgan fingerprint density at radius 3 is 2.31 bits per heavy atom. The Hall–Kier alpha value is -2.42. The van der Waals surface area contributed by atoms with Crippen LogP contribution in [-0.4, -0.2) is 46.2 Å². The van der Waals surface area contributed by atoms with Crippen LogP contribution in [0.2, 0.25) is 0 Å². The lowest BCUT2D eigenvalue weighted by atomic mass is 10.2. The molecule has 0 bridgehead atoms. The standard InChI is InChI=1S/C17H20F3N5O/c1-11-10-14(17(18,19)20)23-16(21-11)25-8-6-24(7-9-25)15-5-3-4-13(22-15)12(2)26/h3-5,10,12,26H,6-9H2,1-2H3. The van der Waals surface area contributed by atoms with E-state index in [0.29, 0.717) is 31.9 Å². The molecule has 0 aliphatic carbocycles. The summed E-state index contributed by atoms with van der Waals surface area (Å²) in [4.78, 5) is 16.0. The molecule has 1 fully saturated rings. The van der Waals surface area contributed by atoms with Gasteiger partial charge in [0.1, 0.15) is 11.5 Å². The number of aryl methyl sites for hydroxylation is 1. The topological polar surface area (TPSA) is 65.4 Å². The summed E-state index contributed by atoms with van der Waals surface area (Å²) in [6.45, 7) is 5.31. The number of piperazine rings is 1. The number of rotatable bonds is 3. The summed E-state index contributed by atoms with van der Waals surface area (Å²) in [6.07, 6.45) is -5.15. The van der Waals surface area contributed by atoms with Crippen molar-refractivity contribution >= 4 is 11.8 Å². The maximum Gasteiger partial charge on any atom is 0.433 e. The van der Waals surface area contributed by atoms with Gasteiger partial charge < -0.3 is 14.9 Å². The van der Waals surface area contributed by atoms with Gasteiger partial charge in [0, 0.05) is 31.9 Å². The molecule has 1 atom stereocenters. The Morgan fingerprint density at radius 2 is 1.69 bits per heavy atom. The third-order valence-corrected chi connectivity index (χ3v) is 4.20. The smallest absolute Gasteiger partial charge is 0.387 e. The van der Waals surface area contributed by atoms with E-state index in [1.165, 1.54) is 6.92 Å². The molecule has 1 aliphatic rings. The molecular formula is C17H20F3N5O. The molecule has 1 N–H and O–H groups in total. The van der Waals surface area contributed by atoms with Crippen LogP contribution in [0.1, 0.15) is 30.1 Å². The van der Waals surface area contributed by atoms with Crippen molar-refractivity contribution in [2.24, 2.45) is 0 Å². The first-order valence-corrected chi connectivity index (χ1v) is 8.32. The van der Waals surface area contributed by atoms with Crippen LogP contribution in [0.5, 0.6) is 0 Å². The average molecular weight is 367 g/mol. The summed E-state index contributed by atoms with van der Waals surface area (Å²) in [6, 6.07) is 6.39. The molecule has 2 aromatic rings. The third kappa shape index (κ3) is 4.04. The van der Waals surface area contributed by atoms with Gasteiger partial charge in [-0.2, -0.15) is 13.2 Å². The van der Waals surface area contributed by atoms with Crippen molar-refractivity contribution in [3.8, 4) is 0 Å². The predicted octanol–water partition coefficient (Wildman–Crippen LogP) is 2.58. The second-order valence-corrected chi connectivity index (χ2v) is 6.26. The van der Waals surface area contributed by atoms with Gasteiger partial charge >= 0.3 is 6.18 Å². The van der Waals surface area contributed by atoms with Gasteiger partial charge in [-0.25, -0.2) is 15.0 Å². The second kappa shape index (κ2) is 7.06. The zero-order chi connectivity index (χ0) is 18.9. The Bertz CT molecular complexity index is 773. The molecule has 0 radical (unpaired) electrons. The van der Waals surface area contributed by atoms with Crippen LogP contribution >= 0.6 is 0 Å². The molecule has 3 rings (SSSR count). The van der Waals surface area contributed by atoms with Crippen LogP contribution < -0.4 is 9.80 Å². The van der Waals surface area contributed by atoms with E-state index in [2.05, 4.69) is 15.0 Å². The lowest BCUT2D eigenvalue weighted by Gasteiger charge is -2.35. The van der Waals surface area contributed by atoms with Crippen molar-refractivity contribution in [3.05, 3.63) is 41.3 Å². The van der Waals surface area contributed by atoms with E-state index in [4.69, 9.17) is 0 Å². The number of aliphatic hydroxyl groups is 1. The van der Waals surface area contributed by atoms with E-state index in [-0.39, 0.29) is 11.6 Å². The molecule has 0 amide bonds. The first-order valence-electron chi connectivity index (χ1n) is 8.32. The van der Waals surface area contributed by atoms with Crippen molar-refractivity contribution < 1.29 is 18.3 Å². The number of aliphatic hydroxyl groups excluding tert-OH is 1. The molecule has 9 heteroatoms. The van der Waals surface area contributed by atoms with Crippen LogP contribution in [0, 0.1) is 6.92 Å². The lowest BCUT2D eigenvalue weighted by Crippen LogP contribution is -2.47. The molecule has 3 heterocycles. The van der Waals surface area contributed by atoms with Gasteiger partial charge in [-0.05, 0) is 32.0 Å². The zero-order valence-corrected chi connectivity index (χ0v) is 14.5. The highest BCUT2D eigenvalue weighted by atomic mass is 19.4. The van der Waals surface area contributed by atoms with E-state index in [0.717, 1.165) is 11.9 Å². The minimum atomic E-state index is -4.49. The summed E-state index contributed by atoms with van der Waals surface area (Å²) >= 11 is 0. The SMILES string of the molecule is Cc1cc(C(F)(F)F)nc(N2CCN(c3cccc(C(C)O)n3)CC2)n1. The summed E-state index contributed by atoms with van der Waals surface area (Å²) in [7, 11) is 0. The van der Waals surface area contributed by atoms with E-state index in [9.17, 15) is 18.3 Å². The van der Waals surface area contributed by atoms with Crippen molar-refractivity contribution in [3.63, 3.8) is 0 Å². The van der Waals surface area contributed by atoms with E-state index < -0.39 is 18.0 Å². The van der Waals surface area contributed by atoms with Crippen LogP contribution in [0.4, 0.5) is 24.9 Å². The molecule has 6 nitrogen and oxygen atoms in total. The number of hydrogen-bond acceptors (Lipinski definition) is 6. The molecule has 0 saturated carbocycles. The monoisotopic (exact) mass is 367 g/mol. The summed E-state index contributed by atoms with van der Waals surface area (Å²) in [5.41, 5.74) is -0.0495. The number of nitrogens with zero attached hydrogens (tertiary/aromatic N) is 5. The largest absolute Gasteiger partial charge is 0.433 e. The van der Waals surface area contributed by atoms with Crippen LogP contribution in [0.3, 0.4) is 0 Å². The summed E-state index contributed by atoms with van der Waals surface area (Å²) in [5, 5.41) is 9.66. The predicted molar refractivity (Wildman–Crippen MR) is 91.1 cm³/mol. The van der Waals surface area contributed by atoms with Gasteiger partial charge in [-0.1, -0.05) is 6.07 Å². The van der Waals surface area contributed by atoms with Crippen molar-refractivity contribution in [1.29, 1.82) is 0 Å². The normalized spacial score (nSPS) is 16.7. The minimum absolute atomic E-state index is 0.0997. The van der Waals surface area contributed by atoms with Crippen LogP contribution in [0.25, 0.3) is 0 Å². The van der Waals surface area contributed by atoms with Crippen LogP contribution in [0.15, 0.2) is 24.3 Å². The molecule has 1 saturated heterocycles. The van der Waals surface area contributed by atoms with E-state index in [1.807, 2.05) is 17.0 Å². The molecule has 1 aliphatic heterocycles. The molecule has 1 unspecified atom stereocenters. The summed E-state index contributed by atoms with van der Waals surface area (Å²) < 4.78 is 38.9. The number of anilines is 2. The molecular weight excluding hydrogens is 347 g/mol. The van der Waals surface area contributed by atoms with Crippen molar-refractivity contribution in [2.45, 2.75) is 26.1 Å². The Labute approximate surface area is 149 Å². The average Bonchev–Trinajstić information content (AvgIpc) is 2.61. The van der Waals surface area contributed by atoms with Crippen molar-refractivity contribution in [1.82, 2.24) is 15.0 Å². The maximum atomic E-state index is 13.0. The van der Waals surface area contributed by atoms with Gasteiger partial charge in [0.05, 0.1) is 11.8 Å². The molecule has 26 heavy (non-hydrogen) atoms. The first-order chi connectivity index (χ1) is 12.2. The van der Waals surface area contributed by atoms with Crippen molar-refractivity contribution in [2.75, 3.05) is 36.0 Å². The lowest BCUT2D eigenvalue weighted by molar-refractivity contribution is -0.141. The molecule has 2 aromatic heterocycles. The maximum absolute atomic E-state index is 13.0. The van der Waals surface area contributed by atoms with E-state index in [1.54, 1.807) is 17.9 Å². The summed E-state index contributed by atoms with van der Waals surface area (Å²) in [5.74, 6) is 0.840. The minimum Gasteiger partial charge on any atom is -0.387 e. The Morgan fingerprint density at radius 1 is 1.04 bits per heavy atom. The van der Waals surface area contributed by atoms with Gasteiger partial charge in [-0.15, -0.1) is 0 Å². The Kier molecular flexibility index (Phi) is 4.99. The number of aromatic nitrogens is 3. The van der Waals surface area contributed by atoms with Crippen LogP contribution in [-0.2, 0) is 6.18 Å². The van der Waals surface area contributed by atoms with Gasteiger partial charge in [-0.3, -0.25) is 0 Å². The Balaban J connectivity index is 1.73. The quantitative estimate of drug-likeness (QED) is 0.900. The fourth-order valence-electron chi connectivity index (χ4n) is 2.82. The van der Waals surface area contributed by atoms with E-state index >= 15 is 0 Å². The number of pyridine rings is 1. The highest BCUT2D eigenvalue weighted by Gasteiger charge is 2.34. The second-order valence-electron chi connectivity index (χ2n) is 6.26. The number of alkyl halides is 3. The molecule has 0 spiro atoms. The molecule has 140 valence electrons. The highest BCUT2D eigenvalue weighted by Crippen LogP contribution is 2.29. The highest BCUT2D eigenvalue weighted by molar-refractivity contribution is 5.43. The fraction of sp³-hybridized carbons (Fsp3) is 0.471. The first kappa shape index (κ1) is 18.4. The van der Waals surface area contributed by atoms with Gasteiger partial charge in [0.2, 0.25) is 5.95 Å². The third-order valence-electron chi connectivity index (χ3n) is 4.20. The number of hydrogen-bond donors (Lipinski definition) is 1. The zero-order valence-electron chi connectivity index (χ0n) is 14.5.